The largest absolute Gasteiger partial charge is 0.325 e. The van der Waals surface area contributed by atoms with Crippen LogP contribution in [0.5, 0.6) is 0 Å². The SMILES string of the molecule is Cc1ccc2ncn(CC(=O)Nc3ccc(Nc4ncccn4)cc3)c2c1. The van der Waals surface area contributed by atoms with Gasteiger partial charge in [0.2, 0.25) is 11.9 Å². The van der Waals surface area contributed by atoms with E-state index in [1.807, 2.05) is 54.0 Å². The molecule has 0 unspecified atom stereocenters. The Bertz CT molecular complexity index is 1070. The van der Waals surface area contributed by atoms with E-state index in [-0.39, 0.29) is 12.5 Å². The summed E-state index contributed by atoms with van der Waals surface area (Å²) in [5.74, 6) is 0.416. The van der Waals surface area contributed by atoms with Gasteiger partial charge in [-0.3, -0.25) is 4.79 Å². The maximum atomic E-state index is 12.4. The third kappa shape index (κ3) is 3.92. The molecule has 0 fully saturated rings. The molecule has 4 rings (SSSR count). The number of anilines is 3. The summed E-state index contributed by atoms with van der Waals surface area (Å²) in [6.07, 6.45) is 5.03. The van der Waals surface area contributed by atoms with Crippen LogP contribution in [0.1, 0.15) is 5.56 Å². The number of imidazole rings is 1. The number of carbonyl (C=O) groups is 1. The average Bonchev–Trinajstić information content (AvgIpc) is 3.06. The van der Waals surface area contributed by atoms with Crippen LogP contribution in [0.25, 0.3) is 11.0 Å². The number of fused-ring (bicyclic) bond motifs is 1. The fourth-order valence-corrected chi connectivity index (χ4v) is 2.78. The van der Waals surface area contributed by atoms with Crippen LogP contribution < -0.4 is 10.6 Å². The molecule has 134 valence electrons. The summed E-state index contributed by atoms with van der Waals surface area (Å²) in [5, 5.41) is 6.00. The van der Waals surface area contributed by atoms with E-state index in [1.165, 1.54) is 0 Å². The Hall–Kier alpha value is -3.74. The van der Waals surface area contributed by atoms with Crippen molar-refractivity contribution in [2.45, 2.75) is 13.5 Å². The Morgan fingerprint density at radius 1 is 1.00 bits per heavy atom. The number of hydrogen-bond acceptors (Lipinski definition) is 5. The lowest BCUT2D eigenvalue weighted by Gasteiger charge is -2.09. The van der Waals surface area contributed by atoms with Gasteiger partial charge in [-0.2, -0.15) is 0 Å². The van der Waals surface area contributed by atoms with Crippen LogP contribution in [0.3, 0.4) is 0 Å². The first-order valence-electron chi connectivity index (χ1n) is 8.53. The molecule has 0 aliphatic rings. The van der Waals surface area contributed by atoms with E-state index >= 15 is 0 Å². The summed E-state index contributed by atoms with van der Waals surface area (Å²) < 4.78 is 1.85. The quantitative estimate of drug-likeness (QED) is 0.570. The van der Waals surface area contributed by atoms with Crippen molar-refractivity contribution in [1.82, 2.24) is 19.5 Å². The van der Waals surface area contributed by atoms with Crippen molar-refractivity contribution in [2.24, 2.45) is 0 Å². The van der Waals surface area contributed by atoms with Gasteiger partial charge in [0.25, 0.3) is 0 Å². The second-order valence-corrected chi connectivity index (χ2v) is 6.19. The topological polar surface area (TPSA) is 84.7 Å². The molecule has 27 heavy (non-hydrogen) atoms. The zero-order valence-electron chi connectivity index (χ0n) is 14.8. The molecular formula is C20H18N6O. The van der Waals surface area contributed by atoms with Gasteiger partial charge in [-0.25, -0.2) is 15.0 Å². The number of carbonyl (C=O) groups excluding carboxylic acids is 1. The fraction of sp³-hybridized carbons (Fsp3) is 0.100. The van der Waals surface area contributed by atoms with Crippen LogP contribution in [-0.4, -0.2) is 25.4 Å². The molecule has 2 aromatic carbocycles. The Balaban J connectivity index is 1.41. The van der Waals surface area contributed by atoms with Crippen LogP contribution in [0.2, 0.25) is 0 Å². The van der Waals surface area contributed by atoms with Gasteiger partial charge in [0.05, 0.1) is 17.4 Å². The third-order valence-corrected chi connectivity index (χ3v) is 4.08. The number of benzene rings is 2. The number of nitrogens with zero attached hydrogens (tertiary/aromatic N) is 4. The summed E-state index contributed by atoms with van der Waals surface area (Å²) in [5.41, 5.74) is 4.53. The molecule has 0 spiro atoms. The number of hydrogen-bond donors (Lipinski definition) is 2. The lowest BCUT2D eigenvalue weighted by molar-refractivity contribution is -0.116. The normalized spacial score (nSPS) is 10.7. The minimum atomic E-state index is -0.108. The fourth-order valence-electron chi connectivity index (χ4n) is 2.78. The minimum Gasteiger partial charge on any atom is -0.325 e. The average molecular weight is 358 g/mol. The number of aryl methyl sites for hydroxylation is 1. The van der Waals surface area contributed by atoms with E-state index in [1.54, 1.807) is 24.8 Å². The molecule has 0 radical (unpaired) electrons. The van der Waals surface area contributed by atoms with Crippen LogP contribution in [0.4, 0.5) is 17.3 Å². The zero-order valence-corrected chi connectivity index (χ0v) is 14.8. The van der Waals surface area contributed by atoms with Gasteiger partial charge in [-0.05, 0) is 55.0 Å². The summed E-state index contributed by atoms with van der Waals surface area (Å²) in [6, 6.07) is 15.1. The Morgan fingerprint density at radius 2 is 1.74 bits per heavy atom. The molecule has 0 aliphatic heterocycles. The summed E-state index contributed by atoms with van der Waals surface area (Å²) in [6.45, 7) is 2.23. The second-order valence-electron chi connectivity index (χ2n) is 6.19. The lowest BCUT2D eigenvalue weighted by atomic mass is 10.2. The number of aromatic nitrogens is 4. The van der Waals surface area contributed by atoms with Gasteiger partial charge in [0, 0.05) is 23.8 Å². The molecule has 2 aromatic heterocycles. The smallest absolute Gasteiger partial charge is 0.244 e. The highest BCUT2D eigenvalue weighted by Crippen LogP contribution is 2.17. The summed E-state index contributed by atoms with van der Waals surface area (Å²) in [7, 11) is 0. The van der Waals surface area contributed by atoms with E-state index in [4.69, 9.17) is 0 Å². The van der Waals surface area contributed by atoms with Gasteiger partial charge in [0.15, 0.2) is 0 Å². The molecule has 2 N–H and O–H groups in total. The molecule has 0 bridgehead atoms. The van der Waals surface area contributed by atoms with Crippen molar-refractivity contribution in [3.63, 3.8) is 0 Å². The van der Waals surface area contributed by atoms with Crippen molar-refractivity contribution < 1.29 is 4.79 Å². The zero-order chi connectivity index (χ0) is 18.6. The number of rotatable bonds is 5. The third-order valence-electron chi connectivity index (χ3n) is 4.08. The highest BCUT2D eigenvalue weighted by atomic mass is 16.1. The first-order valence-corrected chi connectivity index (χ1v) is 8.53. The molecule has 0 aliphatic carbocycles. The molecule has 7 heteroatoms. The monoisotopic (exact) mass is 358 g/mol. The molecule has 7 nitrogen and oxygen atoms in total. The van der Waals surface area contributed by atoms with E-state index in [2.05, 4.69) is 25.6 Å². The van der Waals surface area contributed by atoms with E-state index in [9.17, 15) is 4.79 Å². The van der Waals surface area contributed by atoms with Crippen molar-refractivity contribution in [2.75, 3.05) is 10.6 Å². The standard InChI is InChI=1S/C20H18N6O/c1-14-3-8-17-18(11-14)26(13-23-17)12-19(27)24-15-4-6-16(7-5-15)25-20-21-9-2-10-22-20/h2-11,13H,12H2,1H3,(H,24,27)(H,21,22,25). The minimum absolute atomic E-state index is 0.108. The van der Waals surface area contributed by atoms with Crippen LogP contribution in [0.15, 0.2) is 67.3 Å². The molecule has 0 saturated heterocycles. The second kappa shape index (κ2) is 7.25. The van der Waals surface area contributed by atoms with Crippen LogP contribution in [-0.2, 0) is 11.3 Å². The highest BCUT2D eigenvalue weighted by Gasteiger charge is 2.08. The van der Waals surface area contributed by atoms with Gasteiger partial charge in [-0.15, -0.1) is 0 Å². The van der Waals surface area contributed by atoms with Gasteiger partial charge >= 0.3 is 0 Å². The summed E-state index contributed by atoms with van der Waals surface area (Å²) >= 11 is 0. The Labute approximate surface area is 156 Å². The van der Waals surface area contributed by atoms with Crippen molar-refractivity contribution in [1.29, 1.82) is 0 Å². The van der Waals surface area contributed by atoms with Gasteiger partial charge < -0.3 is 15.2 Å². The molecule has 4 aromatic rings. The molecule has 0 saturated carbocycles. The first kappa shape index (κ1) is 16.7. The predicted octanol–water partition coefficient (Wildman–Crippen LogP) is 3.52. The number of amides is 1. The maximum absolute atomic E-state index is 12.4. The predicted molar refractivity (Wildman–Crippen MR) is 105 cm³/mol. The first-order chi connectivity index (χ1) is 13.2. The molecular weight excluding hydrogens is 340 g/mol. The Morgan fingerprint density at radius 3 is 2.52 bits per heavy atom. The van der Waals surface area contributed by atoms with E-state index < -0.39 is 0 Å². The maximum Gasteiger partial charge on any atom is 0.244 e. The summed E-state index contributed by atoms with van der Waals surface area (Å²) in [4.78, 5) is 25.0. The van der Waals surface area contributed by atoms with Gasteiger partial charge in [-0.1, -0.05) is 6.07 Å². The van der Waals surface area contributed by atoms with Crippen molar-refractivity contribution >= 4 is 34.3 Å². The number of nitrogens with one attached hydrogen (secondary N) is 2. The van der Waals surface area contributed by atoms with E-state index in [0.717, 1.165) is 28.0 Å². The van der Waals surface area contributed by atoms with E-state index in [0.29, 0.717) is 5.95 Å². The highest BCUT2D eigenvalue weighted by molar-refractivity contribution is 5.91. The Kier molecular flexibility index (Phi) is 4.49. The molecule has 0 atom stereocenters. The molecule has 2 heterocycles. The van der Waals surface area contributed by atoms with Crippen molar-refractivity contribution in [3.05, 3.63) is 72.8 Å². The van der Waals surface area contributed by atoms with Crippen LogP contribution >= 0.6 is 0 Å². The molecule has 1 amide bonds. The van der Waals surface area contributed by atoms with Crippen LogP contribution in [0, 0.1) is 6.92 Å². The lowest BCUT2D eigenvalue weighted by Crippen LogP contribution is -2.18. The van der Waals surface area contributed by atoms with Crippen molar-refractivity contribution in [3.8, 4) is 0 Å². The van der Waals surface area contributed by atoms with Gasteiger partial charge in [0.1, 0.15) is 6.54 Å².